The number of hydrogen-bond donors (Lipinski definition) is 0. The lowest BCUT2D eigenvalue weighted by Gasteiger charge is -2.18. The molecule has 3 rings (SSSR count). The van der Waals surface area contributed by atoms with E-state index in [1.54, 1.807) is 36.1 Å². The standard InChI is InChI=1S/C16H20N4O4S/c1-4-20(11-10-19-9-5-8-17-19)25(21,22)15-7-6-14(23-15)16-12(2)13(3)18-24-16/h5-9H,4,10-11H2,1-3H3. The van der Waals surface area contributed by atoms with E-state index in [9.17, 15) is 8.42 Å². The molecule has 0 aliphatic carbocycles. The van der Waals surface area contributed by atoms with E-state index in [2.05, 4.69) is 10.3 Å². The van der Waals surface area contributed by atoms with Crippen molar-refractivity contribution in [2.24, 2.45) is 0 Å². The highest BCUT2D eigenvalue weighted by atomic mass is 32.2. The van der Waals surface area contributed by atoms with Crippen molar-refractivity contribution >= 4 is 10.0 Å². The minimum absolute atomic E-state index is 0.113. The zero-order valence-corrected chi connectivity index (χ0v) is 15.2. The molecule has 0 saturated heterocycles. The van der Waals surface area contributed by atoms with E-state index < -0.39 is 10.0 Å². The minimum Gasteiger partial charge on any atom is -0.440 e. The molecule has 0 amide bonds. The Balaban J connectivity index is 1.82. The summed E-state index contributed by atoms with van der Waals surface area (Å²) in [5, 5.41) is 7.84. The molecule has 0 aliphatic heterocycles. The third kappa shape index (κ3) is 3.38. The van der Waals surface area contributed by atoms with E-state index in [4.69, 9.17) is 8.94 Å². The third-order valence-electron chi connectivity index (χ3n) is 4.05. The summed E-state index contributed by atoms with van der Waals surface area (Å²) in [7, 11) is -3.73. The quantitative estimate of drug-likeness (QED) is 0.639. The number of nitrogens with zero attached hydrogens (tertiary/aromatic N) is 4. The molecule has 3 aromatic rings. The van der Waals surface area contributed by atoms with Crippen molar-refractivity contribution in [3.63, 3.8) is 0 Å². The fourth-order valence-electron chi connectivity index (χ4n) is 2.45. The van der Waals surface area contributed by atoms with Crippen LogP contribution in [-0.2, 0) is 16.6 Å². The summed E-state index contributed by atoms with van der Waals surface area (Å²) in [6.45, 7) is 6.55. The highest BCUT2D eigenvalue weighted by Gasteiger charge is 2.27. The number of likely N-dealkylation sites (N-methyl/N-ethyl adjacent to an activating group) is 1. The number of sulfonamides is 1. The Labute approximate surface area is 146 Å². The summed E-state index contributed by atoms with van der Waals surface area (Å²) >= 11 is 0. The van der Waals surface area contributed by atoms with Crippen LogP contribution in [0.3, 0.4) is 0 Å². The predicted octanol–water partition coefficient (Wildman–Crippen LogP) is 2.46. The fourth-order valence-corrected chi connectivity index (χ4v) is 3.80. The van der Waals surface area contributed by atoms with Crippen molar-refractivity contribution in [3.05, 3.63) is 41.9 Å². The molecule has 0 saturated carbocycles. The Morgan fingerprint density at radius 1 is 1.28 bits per heavy atom. The van der Waals surface area contributed by atoms with Crippen molar-refractivity contribution in [3.8, 4) is 11.5 Å². The molecule has 8 nitrogen and oxygen atoms in total. The van der Waals surface area contributed by atoms with Crippen LogP contribution in [0.2, 0.25) is 0 Å². The van der Waals surface area contributed by atoms with Gasteiger partial charge in [0.2, 0.25) is 10.9 Å². The van der Waals surface area contributed by atoms with E-state index >= 15 is 0 Å². The van der Waals surface area contributed by atoms with Crippen molar-refractivity contribution in [1.82, 2.24) is 19.2 Å². The van der Waals surface area contributed by atoms with E-state index in [0.717, 1.165) is 11.3 Å². The number of aromatic nitrogens is 3. The summed E-state index contributed by atoms with van der Waals surface area (Å²) < 4.78 is 39.5. The Kier molecular flexibility index (Phi) is 4.78. The first-order valence-electron chi connectivity index (χ1n) is 7.94. The average molecular weight is 364 g/mol. The van der Waals surface area contributed by atoms with Gasteiger partial charge in [0.1, 0.15) is 0 Å². The zero-order chi connectivity index (χ0) is 18.0. The van der Waals surface area contributed by atoms with Crippen LogP contribution in [0.1, 0.15) is 18.2 Å². The van der Waals surface area contributed by atoms with Gasteiger partial charge in [-0.05, 0) is 32.0 Å². The van der Waals surface area contributed by atoms with Crippen LogP contribution in [0.4, 0.5) is 0 Å². The van der Waals surface area contributed by atoms with Crippen molar-refractivity contribution < 1.29 is 17.4 Å². The van der Waals surface area contributed by atoms with Crippen LogP contribution in [0.15, 0.2) is 44.6 Å². The molecule has 9 heteroatoms. The van der Waals surface area contributed by atoms with Gasteiger partial charge in [-0.2, -0.15) is 9.40 Å². The van der Waals surface area contributed by atoms with Crippen LogP contribution < -0.4 is 0 Å². The Bertz CT molecular complexity index is 941. The normalized spacial score (nSPS) is 12.2. The molecule has 3 heterocycles. The zero-order valence-electron chi connectivity index (χ0n) is 14.3. The van der Waals surface area contributed by atoms with Gasteiger partial charge in [-0.1, -0.05) is 12.1 Å². The first-order valence-corrected chi connectivity index (χ1v) is 9.38. The molecule has 0 unspecified atom stereocenters. The number of aryl methyl sites for hydroxylation is 1. The van der Waals surface area contributed by atoms with Crippen LogP contribution in [0.5, 0.6) is 0 Å². The maximum absolute atomic E-state index is 12.8. The number of furan rings is 1. The highest BCUT2D eigenvalue weighted by molar-refractivity contribution is 7.89. The maximum atomic E-state index is 12.8. The summed E-state index contributed by atoms with van der Waals surface area (Å²) in [6, 6.07) is 4.82. The van der Waals surface area contributed by atoms with Gasteiger partial charge in [0.05, 0.1) is 12.2 Å². The molecule has 0 bridgehead atoms. The molecule has 0 aliphatic rings. The van der Waals surface area contributed by atoms with Gasteiger partial charge in [0.15, 0.2) is 5.76 Å². The molecule has 0 fully saturated rings. The van der Waals surface area contributed by atoms with Gasteiger partial charge in [-0.3, -0.25) is 4.68 Å². The summed E-state index contributed by atoms with van der Waals surface area (Å²) in [6.07, 6.45) is 3.45. The second-order valence-electron chi connectivity index (χ2n) is 5.61. The molecule has 0 atom stereocenters. The van der Waals surface area contributed by atoms with E-state index in [1.165, 1.54) is 10.4 Å². The highest BCUT2D eigenvalue weighted by Crippen LogP contribution is 2.29. The van der Waals surface area contributed by atoms with Crippen molar-refractivity contribution in [2.75, 3.05) is 13.1 Å². The Morgan fingerprint density at radius 3 is 2.68 bits per heavy atom. The largest absolute Gasteiger partial charge is 0.440 e. The minimum atomic E-state index is -3.73. The second kappa shape index (κ2) is 6.85. The molecular formula is C16H20N4O4S. The smallest absolute Gasteiger partial charge is 0.276 e. The van der Waals surface area contributed by atoms with Crippen LogP contribution in [0, 0.1) is 13.8 Å². The summed E-state index contributed by atoms with van der Waals surface area (Å²) in [4.78, 5) is 0. The number of rotatable bonds is 7. The molecule has 134 valence electrons. The van der Waals surface area contributed by atoms with E-state index in [-0.39, 0.29) is 5.09 Å². The Morgan fingerprint density at radius 2 is 2.08 bits per heavy atom. The number of hydrogen-bond acceptors (Lipinski definition) is 6. The van der Waals surface area contributed by atoms with Gasteiger partial charge in [0.25, 0.3) is 10.0 Å². The van der Waals surface area contributed by atoms with Crippen LogP contribution >= 0.6 is 0 Å². The molecule has 0 spiro atoms. The van der Waals surface area contributed by atoms with Gasteiger partial charge in [-0.25, -0.2) is 8.42 Å². The van der Waals surface area contributed by atoms with Gasteiger partial charge >= 0.3 is 0 Å². The average Bonchev–Trinajstić information content (AvgIpc) is 3.31. The third-order valence-corrected chi connectivity index (χ3v) is 5.90. The first kappa shape index (κ1) is 17.4. The SMILES string of the molecule is CCN(CCn1cccn1)S(=O)(=O)c1ccc(-c2onc(C)c2C)o1. The maximum Gasteiger partial charge on any atom is 0.276 e. The lowest BCUT2D eigenvalue weighted by Crippen LogP contribution is -2.33. The lowest BCUT2D eigenvalue weighted by molar-refractivity contribution is 0.366. The predicted molar refractivity (Wildman–Crippen MR) is 90.3 cm³/mol. The topological polar surface area (TPSA) is 94.4 Å². The van der Waals surface area contributed by atoms with Crippen LogP contribution in [-0.4, -0.2) is 40.7 Å². The van der Waals surface area contributed by atoms with Crippen molar-refractivity contribution in [2.45, 2.75) is 32.4 Å². The van der Waals surface area contributed by atoms with Gasteiger partial charge in [0, 0.05) is 31.0 Å². The van der Waals surface area contributed by atoms with E-state index in [0.29, 0.717) is 31.2 Å². The summed E-state index contributed by atoms with van der Waals surface area (Å²) in [5.74, 6) is 0.790. The van der Waals surface area contributed by atoms with Crippen LogP contribution in [0.25, 0.3) is 11.5 Å². The Hall–Kier alpha value is -2.39. The lowest BCUT2D eigenvalue weighted by atomic mass is 10.2. The van der Waals surface area contributed by atoms with E-state index in [1.807, 2.05) is 13.8 Å². The molecule has 0 radical (unpaired) electrons. The molecule has 0 aromatic carbocycles. The monoisotopic (exact) mass is 364 g/mol. The fraction of sp³-hybridized carbons (Fsp3) is 0.375. The van der Waals surface area contributed by atoms with Gasteiger partial charge < -0.3 is 8.94 Å². The molecule has 25 heavy (non-hydrogen) atoms. The molecule has 0 N–H and O–H groups in total. The van der Waals surface area contributed by atoms with Crippen molar-refractivity contribution in [1.29, 1.82) is 0 Å². The first-order chi connectivity index (χ1) is 11.9. The van der Waals surface area contributed by atoms with Gasteiger partial charge in [-0.15, -0.1) is 0 Å². The second-order valence-corrected chi connectivity index (χ2v) is 7.48. The molecule has 3 aromatic heterocycles. The summed E-state index contributed by atoms with van der Waals surface area (Å²) in [5.41, 5.74) is 1.56. The molecular weight excluding hydrogens is 344 g/mol.